The van der Waals surface area contributed by atoms with Crippen molar-refractivity contribution in [3.05, 3.63) is 7.11 Å². The topological polar surface area (TPSA) is 9.23 Å². The van der Waals surface area contributed by atoms with Crippen LogP contribution in [-0.2, 0) is 4.74 Å². The molecule has 0 aliphatic heterocycles. The lowest BCUT2D eigenvalue weighted by molar-refractivity contribution is -0.0387. The summed E-state index contributed by atoms with van der Waals surface area (Å²) in [4.78, 5) is 0. The smallest absolute Gasteiger partial charge is 0.268 e. The van der Waals surface area contributed by atoms with Crippen molar-refractivity contribution in [3.63, 3.8) is 0 Å². The van der Waals surface area contributed by atoms with Gasteiger partial charge in [0.15, 0.2) is 0 Å². The van der Waals surface area contributed by atoms with Crippen LogP contribution in [0.2, 0.25) is 0 Å². The highest BCUT2D eigenvalue weighted by molar-refractivity contribution is 4.53. The number of alkyl halides is 2. The third-order valence-corrected chi connectivity index (χ3v) is 0.356. The molecule has 0 unspecified atom stereocenters. The molecule has 3 heteroatoms. The van der Waals surface area contributed by atoms with Crippen molar-refractivity contribution < 1.29 is 13.5 Å². The minimum Gasteiger partial charge on any atom is -0.373 e. The van der Waals surface area contributed by atoms with Crippen molar-refractivity contribution in [2.75, 3.05) is 6.61 Å². The summed E-state index contributed by atoms with van der Waals surface area (Å²) in [5.74, 6) is -2.73. The van der Waals surface area contributed by atoms with E-state index in [1.165, 1.54) is 0 Å². The van der Waals surface area contributed by atoms with Crippen molar-refractivity contribution >= 4 is 0 Å². The van der Waals surface area contributed by atoms with Crippen LogP contribution in [-0.4, -0.2) is 12.5 Å². The Morgan fingerprint density at radius 1 is 1.71 bits per heavy atom. The summed E-state index contributed by atoms with van der Waals surface area (Å²) in [6, 6.07) is 0. The van der Waals surface area contributed by atoms with Crippen LogP contribution in [0.5, 0.6) is 0 Å². The van der Waals surface area contributed by atoms with Gasteiger partial charge in [0.25, 0.3) is 5.92 Å². The van der Waals surface area contributed by atoms with Gasteiger partial charge >= 0.3 is 0 Å². The normalized spacial score (nSPS) is 12.0. The SMILES string of the molecule is [CH2]OCC(C)(F)F. The van der Waals surface area contributed by atoms with Crippen LogP contribution in [0, 0.1) is 7.11 Å². The summed E-state index contributed by atoms with van der Waals surface area (Å²) >= 11 is 0. The standard InChI is InChI=1S/C4H7F2O/c1-4(5,6)3-7-2/h2-3H2,1H3. The van der Waals surface area contributed by atoms with E-state index in [0.29, 0.717) is 0 Å². The quantitative estimate of drug-likeness (QED) is 0.521. The number of rotatable bonds is 2. The van der Waals surface area contributed by atoms with Gasteiger partial charge in [-0.05, 0) is 0 Å². The van der Waals surface area contributed by atoms with E-state index in [4.69, 9.17) is 0 Å². The molecular formula is C4H7F2O. The van der Waals surface area contributed by atoms with E-state index < -0.39 is 12.5 Å². The highest BCUT2D eigenvalue weighted by atomic mass is 19.3. The molecule has 0 bridgehead atoms. The Bertz CT molecular complexity index is 48.1. The predicted octanol–water partition coefficient (Wildman–Crippen LogP) is 1.45. The summed E-state index contributed by atoms with van der Waals surface area (Å²) in [7, 11) is 2.79. The van der Waals surface area contributed by atoms with Crippen molar-refractivity contribution in [1.29, 1.82) is 0 Å². The van der Waals surface area contributed by atoms with Crippen molar-refractivity contribution in [1.82, 2.24) is 0 Å². The second kappa shape index (κ2) is 2.21. The first-order valence-corrected chi connectivity index (χ1v) is 1.81. The Labute approximate surface area is 41.3 Å². The first kappa shape index (κ1) is 6.82. The van der Waals surface area contributed by atoms with Gasteiger partial charge < -0.3 is 4.74 Å². The maximum absolute atomic E-state index is 11.6. The van der Waals surface area contributed by atoms with Gasteiger partial charge in [0.1, 0.15) is 6.61 Å². The average molecular weight is 109 g/mol. The summed E-state index contributed by atoms with van der Waals surface area (Å²) in [5.41, 5.74) is 0. The fourth-order valence-electron chi connectivity index (χ4n) is 0.179. The Kier molecular flexibility index (Phi) is 2.15. The van der Waals surface area contributed by atoms with Crippen LogP contribution in [0.1, 0.15) is 6.92 Å². The molecule has 0 amide bonds. The van der Waals surface area contributed by atoms with Crippen LogP contribution in [0.25, 0.3) is 0 Å². The number of hydrogen-bond donors (Lipinski definition) is 0. The molecule has 0 aromatic rings. The lowest BCUT2D eigenvalue weighted by atomic mass is 10.4. The Hall–Kier alpha value is -0.180. The van der Waals surface area contributed by atoms with Gasteiger partial charge in [0, 0.05) is 6.92 Å². The van der Waals surface area contributed by atoms with E-state index in [9.17, 15) is 8.78 Å². The summed E-state index contributed by atoms with van der Waals surface area (Å²) < 4.78 is 27.0. The van der Waals surface area contributed by atoms with Crippen LogP contribution in [0.3, 0.4) is 0 Å². The second-order valence-electron chi connectivity index (χ2n) is 1.42. The molecule has 0 aliphatic carbocycles. The monoisotopic (exact) mass is 109 g/mol. The molecule has 0 rings (SSSR count). The number of halogens is 2. The van der Waals surface area contributed by atoms with Gasteiger partial charge in [-0.25, -0.2) is 8.78 Å². The van der Waals surface area contributed by atoms with Gasteiger partial charge in [-0.15, -0.1) is 0 Å². The summed E-state index contributed by atoms with van der Waals surface area (Å²) in [6.45, 7) is 0.172. The molecule has 0 heterocycles. The molecule has 0 aromatic heterocycles. The average Bonchev–Trinajstić information content (AvgIpc) is 1.30. The highest BCUT2D eigenvalue weighted by Gasteiger charge is 2.19. The molecule has 43 valence electrons. The van der Waals surface area contributed by atoms with Crippen LogP contribution >= 0.6 is 0 Å². The fraction of sp³-hybridized carbons (Fsp3) is 0.750. The van der Waals surface area contributed by atoms with Gasteiger partial charge in [-0.3, -0.25) is 0 Å². The van der Waals surface area contributed by atoms with Crippen LogP contribution in [0.15, 0.2) is 0 Å². The molecule has 1 radical (unpaired) electrons. The molecular weight excluding hydrogens is 102 g/mol. The number of hydrogen-bond acceptors (Lipinski definition) is 1. The zero-order chi connectivity index (χ0) is 5.91. The zero-order valence-corrected chi connectivity index (χ0v) is 4.08. The predicted molar refractivity (Wildman–Crippen MR) is 21.9 cm³/mol. The van der Waals surface area contributed by atoms with Crippen molar-refractivity contribution in [2.45, 2.75) is 12.8 Å². The van der Waals surface area contributed by atoms with Gasteiger partial charge in [-0.2, -0.15) is 0 Å². The number of ether oxygens (including phenoxy) is 1. The van der Waals surface area contributed by atoms with E-state index in [2.05, 4.69) is 11.8 Å². The molecule has 0 aromatic carbocycles. The van der Waals surface area contributed by atoms with E-state index in [1.807, 2.05) is 0 Å². The maximum Gasteiger partial charge on any atom is 0.268 e. The van der Waals surface area contributed by atoms with Crippen LogP contribution < -0.4 is 0 Å². The van der Waals surface area contributed by atoms with E-state index >= 15 is 0 Å². The van der Waals surface area contributed by atoms with Crippen LogP contribution in [0.4, 0.5) is 8.78 Å². The Morgan fingerprint density at radius 3 is 2.14 bits per heavy atom. The first-order chi connectivity index (χ1) is 3.06. The molecule has 0 atom stereocenters. The Balaban J connectivity index is 3.15. The van der Waals surface area contributed by atoms with Gasteiger partial charge in [0.05, 0.1) is 7.11 Å². The maximum atomic E-state index is 11.6. The minimum absolute atomic E-state index is 0.604. The second-order valence-corrected chi connectivity index (χ2v) is 1.42. The summed E-state index contributed by atoms with van der Waals surface area (Å²) in [6.07, 6.45) is 0. The van der Waals surface area contributed by atoms with Gasteiger partial charge in [0.2, 0.25) is 0 Å². The minimum atomic E-state index is -2.73. The first-order valence-electron chi connectivity index (χ1n) is 1.81. The lowest BCUT2D eigenvalue weighted by Gasteiger charge is -2.05. The molecule has 1 nitrogen and oxygen atoms in total. The summed E-state index contributed by atoms with van der Waals surface area (Å²) in [5, 5.41) is 0. The molecule has 0 N–H and O–H groups in total. The third-order valence-electron chi connectivity index (χ3n) is 0.356. The largest absolute Gasteiger partial charge is 0.373 e. The van der Waals surface area contributed by atoms with E-state index in [0.717, 1.165) is 6.92 Å². The lowest BCUT2D eigenvalue weighted by Crippen LogP contribution is -2.16. The third kappa shape index (κ3) is 5.82. The molecule has 0 spiro atoms. The molecule has 7 heavy (non-hydrogen) atoms. The molecule has 0 fully saturated rings. The van der Waals surface area contributed by atoms with Crippen molar-refractivity contribution in [3.8, 4) is 0 Å². The Morgan fingerprint density at radius 2 is 2.14 bits per heavy atom. The van der Waals surface area contributed by atoms with E-state index in [1.54, 1.807) is 0 Å². The van der Waals surface area contributed by atoms with Crippen molar-refractivity contribution in [2.24, 2.45) is 0 Å². The van der Waals surface area contributed by atoms with Gasteiger partial charge in [-0.1, -0.05) is 0 Å². The molecule has 0 saturated carbocycles. The molecule has 0 aliphatic rings. The zero-order valence-electron chi connectivity index (χ0n) is 4.08. The molecule has 0 saturated heterocycles. The van der Waals surface area contributed by atoms with E-state index in [-0.39, 0.29) is 0 Å². The highest BCUT2D eigenvalue weighted by Crippen LogP contribution is 2.10. The fourth-order valence-corrected chi connectivity index (χ4v) is 0.179.